The van der Waals surface area contributed by atoms with Crippen LogP contribution in [0.3, 0.4) is 0 Å². The van der Waals surface area contributed by atoms with Gasteiger partial charge in [0.15, 0.2) is 6.29 Å². The summed E-state index contributed by atoms with van der Waals surface area (Å²) in [5.74, 6) is 4.06. The second kappa shape index (κ2) is 12.5. The van der Waals surface area contributed by atoms with Gasteiger partial charge in [-0.15, -0.1) is 0 Å². The second-order valence-electron chi connectivity index (χ2n) is 11.4. The molecule has 0 bridgehead atoms. The van der Waals surface area contributed by atoms with E-state index in [0.717, 1.165) is 37.4 Å². The molecule has 0 aromatic heterocycles. The highest BCUT2D eigenvalue weighted by atomic mass is 16.7. The summed E-state index contributed by atoms with van der Waals surface area (Å²) in [6.07, 6.45) is 8.90. The van der Waals surface area contributed by atoms with Gasteiger partial charge in [-0.2, -0.15) is 0 Å². The van der Waals surface area contributed by atoms with Crippen LogP contribution in [-0.2, 0) is 9.47 Å². The van der Waals surface area contributed by atoms with Gasteiger partial charge in [-0.1, -0.05) is 89.6 Å². The van der Waals surface area contributed by atoms with Crippen molar-refractivity contribution in [3.63, 3.8) is 0 Å². The van der Waals surface area contributed by atoms with E-state index in [1.165, 1.54) is 60.8 Å². The normalized spacial score (nSPS) is 27.8. The third kappa shape index (κ3) is 6.38. The van der Waals surface area contributed by atoms with Gasteiger partial charge in [0, 0.05) is 11.8 Å². The van der Waals surface area contributed by atoms with E-state index in [0.29, 0.717) is 17.8 Å². The molecule has 1 aliphatic carbocycles. The van der Waals surface area contributed by atoms with Gasteiger partial charge in [0.25, 0.3) is 0 Å². The van der Waals surface area contributed by atoms with Crippen LogP contribution in [0.4, 0.5) is 0 Å². The van der Waals surface area contributed by atoms with E-state index in [1.807, 2.05) is 0 Å². The van der Waals surface area contributed by atoms with Crippen molar-refractivity contribution in [3.05, 3.63) is 59.7 Å². The number of benzene rings is 2. The van der Waals surface area contributed by atoms with Crippen LogP contribution >= 0.6 is 0 Å². The molecular weight excluding hydrogens is 428 g/mol. The number of hydrogen-bond acceptors (Lipinski definition) is 2. The minimum Gasteiger partial charge on any atom is -0.352 e. The van der Waals surface area contributed by atoms with Crippen LogP contribution in [-0.4, -0.2) is 19.5 Å². The van der Waals surface area contributed by atoms with E-state index in [9.17, 15) is 0 Å². The smallest absolute Gasteiger partial charge is 0.164 e. The Balaban J connectivity index is 1.32. The fourth-order valence-corrected chi connectivity index (χ4v) is 6.30. The summed E-state index contributed by atoms with van der Waals surface area (Å²) in [7, 11) is 0. The van der Waals surface area contributed by atoms with Crippen molar-refractivity contribution in [2.45, 2.75) is 97.7 Å². The molecule has 2 aliphatic rings. The highest BCUT2D eigenvalue weighted by Gasteiger charge is 2.35. The molecule has 2 fully saturated rings. The standard InChI is InChI=1S/C33H48O2/c1-6-23(4)25-9-13-27(14-10-25)28-17-19-30(20-18-28)32(8-3)33-34-21-31(22-35-33)29-15-11-26(12-16-29)24(5)7-2/h9-10,13-14,17-20,23-24,26,29,31-33H,6-8,11-12,15-16,21-22H2,1-5H3. The average molecular weight is 477 g/mol. The first-order valence-corrected chi connectivity index (χ1v) is 14.5. The first kappa shape index (κ1) is 26.4. The van der Waals surface area contributed by atoms with Gasteiger partial charge in [-0.05, 0) is 84.5 Å². The fraction of sp³-hybridized carbons (Fsp3) is 0.636. The summed E-state index contributed by atoms with van der Waals surface area (Å²) in [6.45, 7) is 13.3. The largest absolute Gasteiger partial charge is 0.352 e. The molecule has 1 saturated heterocycles. The van der Waals surface area contributed by atoms with Crippen molar-refractivity contribution in [1.29, 1.82) is 0 Å². The predicted octanol–water partition coefficient (Wildman–Crippen LogP) is 9.20. The highest BCUT2D eigenvalue weighted by Crippen LogP contribution is 2.40. The van der Waals surface area contributed by atoms with E-state index in [2.05, 4.69) is 83.1 Å². The van der Waals surface area contributed by atoms with Crippen molar-refractivity contribution in [3.8, 4) is 11.1 Å². The minimum absolute atomic E-state index is 0.117. The Kier molecular flexibility index (Phi) is 9.47. The number of hydrogen-bond donors (Lipinski definition) is 0. The van der Waals surface area contributed by atoms with Crippen molar-refractivity contribution >= 4 is 0 Å². The van der Waals surface area contributed by atoms with Crippen LogP contribution in [0.1, 0.15) is 103 Å². The molecule has 0 amide bonds. The zero-order chi connectivity index (χ0) is 24.8. The first-order valence-electron chi connectivity index (χ1n) is 14.5. The monoisotopic (exact) mass is 476 g/mol. The second-order valence-corrected chi connectivity index (χ2v) is 11.4. The molecule has 1 aliphatic heterocycles. The van der Waals surface area contributed by atoms with Gasteiger partial charge >= 0.3 is 0 Å². The number of ether oxygens (including phenoxy) is 2. The summed E-state index contributed by atoms with van der Waals surface area (Å²) in [4.78, 5) is 0. The summed E-state index contributed by atoms with van der Waals surface area (Å²) in [5.41, 5.74) is 5.31. The maximum Gasteiger partial charge on any atom is 0.164 e. The third-order valence-corrected chi connectivity index (χ3v) is 9.41. The molecule has 1 saturated carbocycles. The molecule has 192 valence electrons. The summed E-state index contributed by atoms with van der Waals surface area (Å²) in [5, 5.41) is 0. The zero-order valence-corrected chi connectivity index (χ0v) is 22.8. The van der Waals surface area contributed by atoms with Crippen LogP contribution in [0.25, 0.3) is 11.1 Å². The lowest BCUT2D eigenvalue weighted by molar-refractivity contribution is -0.220. The van der Waals surface area contributed by atoms with Crippen LogP contribution in [0.15, 0.2) is 48.5 Å². The molecule has 2 aromatic carbocycles. The van der Waals surface area contributed by atoms with Gasteiger partial charge in [-0.25, -0.2) is 0 Å². The maximum atomic E-state index is 6.39. The quantitative estimate of drug-likeness (QED) is 0.359. The maximum absolute atomic E-state index is 6.39. The molecule has 0 N–H and O–H groups in total. The van der Waals surface area contributed by atoms with Crippen molar-refractivity contribution in [2.24, 2.45) is 23.7 Å². The predicted molar refractivity (Wildman–Crippen MR) is 148 cm³/mol. The van der Waals surface area contributed by atoms with E-state index in [4.69, 9.17) is 9.47 Å². The van der Waals surface area contributed by atoms with Crippen molar-refractivity contribution in [2.75, 3.05) is 13.2 Å². The van der Waals surface area contributed by atoms with Gasteiger partial charge in [-0.3, -0.25) is 0 Å². The summed E-state index contributed by atoms with van der Waals surface area (Å²) in [6, 6.07) is 18.2. The Morgan fingerprint density at radius 2 is 1.20 bits per heavy atom. The Bertz CT molecular complexity index is 870. The zero-order valence-electron chi connectivity index (χ0n) is 22.8. The Hall–Kier alpha value is -1.64. The molecule has 1 heterocycles. The van der Waals surface area contributed by atoms with E-state index >= 15 is 0 Å². The highest BCUT2D eigenvalue weighted by molar-refractivity contribution is 5.64. The SMILES string of the molecule is CCC(C)c1ccc(-c2ccc(C(CC)C3OCC(C4CCC(C(C)CC)CC4)CO3)cc2)cc1. The van der Waals surface area contributed by atoms with Crippen molar-refractivity contribution < 1.29 is 9.47 Å². The topological polar surface area (TPSA) is 18.5 Å². The average Bonchev–Trinajstić information content (AvgIpc) is 2.93. The fourth-order valence-electron chi connectivity index (χ4n) is 6.30. The van der Waals surface area contributed by atoms with Crippen LogP contribution < -0.4 is 0 Å². The molecule has 2 aromatic rings. The van der Waals surface area contributed by atoms with E-state index in [-0.39, 0.29) is 6.29 Å². The minimum atomic E-state index is -0.117. The lowest BCUT2D eigenvalue weighted by Crippen LogP contribution is -2.40. The Labute approximate surface area is 214 Å². The molecule has 4 rings (SSSR count). The van der Waals surface area contributed by atoms with E-state index in [1.54, 1.807) is 0 Å². The molecule has 0 spiro atoms. The molecule has 2 heteroatoms. The molecular formula is C33H48O2. The molecule has 3 unspecified atom stereocenters. The lowest BCUT2D eigenvalue weighted by Gasteiger charge is -2.40. The van der Waals surface area contributed by atoms with Gasteiger partial charge in [0.05, 0.1) is 13.2 Å². The van der Waals surface area contributed by atoms with Gasteiger partial charge in [0.2, 0.25) is 0 Å². The van der Waals surface area contributed by atoms with Crippen molar-refractivity contribution in [1.82, 2.24) is 0 Å². The molecule has 35 heavy (non-hydrogen) atoms. The molecule has 3 atom stereocenters. The Morgan fingerprint density at radius 1 is 0.657 bits per heavy atom. The number of rotatable bonds is 9. The van der Waals surface area contributed by atoms with Crippen LogP contribution in [0.5, 0.6) is 0 Å². The molecule has 0 radical (unpaired) electrons. The van der Waals surface area contributed by atoms with Crippen LogP contribution in [0, 0.1) is 23.7 Å². The first-order chi connectivity index (χ1) is 17.0. The van der Waals surface area contributed by atoms with Crippen LogP contribution in [0.2, 0.25) is 0 Å². The van der Waals surface area contributed by atoms with Gasteiger partial charge in [0.1, 0.15) is 0 Å². The van der Waals surface area contributed by atoms with Gasteiger partial charge < -0.3 is 9.47 Å². The Morgan fingerprint density at radius 3 is 1.69 bits per heavy atom. The van der Waals surface area contributed by atoms with E-state index < -0.39 is 0 Å². The molecule has 2 nitrogen and oxygen atoms in total. The summed E-state index contributed by atoms with van der Waals surface area (Å²) < 4.78 is 12.8. The summed E-state index contributed by atoms with van der Waals surface area (Å²) >= 11 is 0. The third-order valence-electron chi connectivity index (χ3n) is 9.41. The lowest BCUT2D eigenvalue weighted by atomic mass is 9.72.